The normalized spacial score (nSPS) is 13.4. The number of halogens is 2. The van der Waals surface area contributed by atoms with Gasteiger partial charge in [0.15, 0.2) is 0 Å². The Morgan fingerprint density at radius 2 is 0.656 bits per heavy atom. The minimum absolute atomic E-state index is 0.0323. The van der Waals surface area contributed by atoms with Gasteiger partial charge in [0.05, 0.1) is 0 Å². The van der Waals surface area contributed by atoms with Crippen LogP contribution in [0.3, 0.4) is 0 Å². The summed E-state index contributed by atoms with van der Waals surface area (Å²) in [6, 6.07) is 42.3. The first-order chi connectivity index (χ1) is 42.8. The van der Waals surface area contributed by atoms with Gasteiger partial charge in [0.25, 0.3) is 0 Å². The van der Waals surface area contributed by atoms with Crippen LogP contribution in [0.15, 0.2) is 121 Å². The van der Waals surface area contributed by atoms with Crippen LogP contribution < -0.4 is 27.1 Å². The van der Waals surface area contributed by atoms with Crippen molar-refractivity contribution in [3.63, 3.8) is 0 Å². The third-order valence-electron chi connectivity index (χ3n) is 19.0. The molecule has 10 rings (SSSR count). The molecule has 0 aliphatic carbocycles. The van der Waals surface area contributed by atoms with Crippen molar-refractivity contribution >= 4 is 114 Å². The van der Waals surface area contributed by atoms with Crippen LogP contribution in [0.2, 0.25) is 69.1 Å². The Bertz CT molecular complexity index is 4130. The maximum atomic E-state index is 16.3. The number of hydrogen-bond acceptors (Lipinski definition) is 4. The molecular weight excluding hydrogens is 1390 g/mol. The molecule has 2 heterocycles. The molecular formula is C81H104F2Ge4N2O4. The van der Waals surface area contributed by atoms with Crippen molar-refractivity contribution in [3.05, 3.63) is 155 Å². The molecule has 0 aliphatic rings. The number of nitrogens with zero attached hydrogens (tertiary/aromatic N) is 2. The fourth-order valence-corrected chi connectivity index (χ4v) is 24.4. The summed E-state index contributed by atoms with van der Waals surface area (Å²) in [5, 5.41) is 31.0. The Morgan fingerprint density at radius 1 is 0.376 bits per heavy atom. The van der Waals surface area contributed by atoms with Crippen molar-refractivity contribution in [3.8, 4) is 56.6 Å². The van der Waals surface area contributed by atoms with E-state index in [2.05, 4.69) is 245 Å². The van der Waals surface area contributed by atoms with E-state index in [9.17, 15) is 10.2 Å². The Balaban J connectivity index is 1.08. The second-order valence-electron chi connectivity index (χ2n) is 34.9. The van der Waals surface area contributed by atoms with E-state index in [4.69, 9.17) is 9.47 Å². The monoisotopic (exact) mass is 1500 g/mol. The van der Waals surface area contributed by atoms with Gasteiger partial charge in [-0.2, -0.15) is 0 Å². The Labute approximate surface area is 565 Å². The van der Waals surface area contributed by atoms with Gasteiger partial charge in [0, 0.05) is 0 Å². The molecule has 0 saturated heterocycles. The number of hydrogen-bond donors (Lipinski definition) is 2. The van der Waals surface area contributed by atoms with Crippen LogP contribution in [-0.4, -0.2) is 85.6 Å². The molecule has 0 atom stereocenters. The van der Waals surface area contributed by atoms with E-state index in [0.29, 0.717) is 62.7 Å². The van der Waals surface area contributed by atoms with Gasteiger partial charge in [-0.25, -0.2) is 0 Å². The minimum atomic E-state index is -2.39. The molecule has 0 bridgehead atoms. The standard InChI is InChI=1S/C81H104F2Ge4N2O4/c1-50-36-54(82)42-66(64-38-52(80(9,10)48-78(3,4)5)40-72(74(64)90)88-68-44-56(84(13,14)15)26-30-60(68)61-31-27-57(45-69(61)88)85(16,17)18)76(50)92-34-25-35-93-77-51(2)37-55(83)43-67(77)65-39-53(81(11,12)49-79(6,7)8)41-73(75(65)91)89-70-46-58(86(19,20)21)28-32-62(70)63-33-29-59(47-71(63)89)87(22,23)24/h26-33,36-47,90-91H,25,34-35,48-49H2,1-24H3. The Morgan fingerprint density at radius 3 is 0.914 bits per heavy atom. The topological polar surface area (TPSA) is 68.8 Å². The number of benzene rings is 8. The van der Waals surface area contributed by atoms with Gasteiger partial charge in [-0.05, 0) is 0 Å². The van der Waals surface area contributed by atoms with Gasteiger partial charge in [-0.1, -0.05) is 0 Å². The number of fused-ring (bicyclic) bond motifs is 6. The van der Waals surface area contributed by atoms with Crippen molar-refractivity contribution in [2.75, 3.05) is 13.2 Å². The zero-order chi connectivity index (χ0) is 68.4. The van der Waals surface area contributed by atoms with Crippen LogP contribution in [0.1, 0.15) is 111 Å². The second-order valence-corrected chi connectivity index (χ2v) is 77.5. The van der Waals surface area contributed by atoms with Crippen LogP contribution in [0.5, 0.6) is 23.0 Å². The Hall–Kier alpha value is -5.41. The summed E-state index contributed by atoms with van der Waals surface area (Å²) in [5.74, 6) is 29.2. The van der Waals surface area contributed by atoms with Gasteiger partial charge in [0.1, 0.15) is 0 Å². The van der Waals surface area contributed by atoms with Gasteiger partial charge in [0.2, 0.25) is 0 Å². The third kappa shape index (κ3) is 14.5. The summed E-state index contributed by atoms with van der Waals surface area (Å²) >= 11 is -9.55. The molecule has 0 amide bonds. The summed E-state index contributed by atoms with van der Waals surface area (Å²) in [5.41, 5.74) is 9.86. The van der Waals surface area contributed by atoms with Crippen LogP contribution in [-0.2, 0) is 10.8 Å². The van der Waals surface area contributed by atoms with Crippen molar-refractivity contribution < 1.29 is 28.5 Å². The van der Waals surface area contributed by atoms with Gasteiger partial charge < -0.3 is 0 Å². The first-order valence-corrected chi connectivity index (χ1v) is 63.0. The molecule has 12 heteroatoms. The molecule has 492 valence electrons. The summed E-state index contributed by atoms with van der Waals surface area (Å²) in [7, 11) is 0. The molecule has 2 aromatic heterocycles. The summed E-state index contributed by atoms with van der Waals surface area (Å²) < 4.78 is 56.4. The molecule has 10 aromatic rings. The fraction of sp³-hybridized carbons (Fsp3) is 0.407. The van der Waals surface area contributed by atoms with E-state index < -0.39 is 64.7 Å². The average molecular weight is 1500 g/mol. The van der Waals surface area contributed by atoms with Crippen LogP contribution in [0.25, 0.3) is 77.2 Å². The first kappa shape index (κ1) is 70.4. The van der Waals surface area contributed by atoms with E-state index in [1.165, 1.54) is 41.8 Å². The molecule has 0 aliphatic heterocycles. The Kier molecular flexibility index (Phi) is 18.9. The SMILES string of the molecule is Cc1cc(F)cc(-c2cc(C(C)(C)CC(C)(C)C)cc(-n3c4c[c]([Ge]([CH3])([CH3])[CH3])ccc4c4cc[c]([Ge]([CH3])([CH3])[CH3])cc43)c2O)c1OCCCOc1c(C)cc(F)cc1-c1cc(C(C)(C)CC(C)(C)C)cc(-n2c3c[c]([Ge]([CH3])([CH3])[CH3])ccc3c3cc[c]([Ge]([CH3])([CH3])[CH3])cc32)c1O. The van der Waals surface area contributed by atoms with Crippen LogP contribution in [0, 0.1) is 36.3 Å². The van der Waals surface area contributed by atoms with Crippen LogP contribution in [0.4, 0.5) is 8.78 Å². The summed E-state index contributed by atoms with van der Waals surface area (Å²) in [6.45, 7) is 26.8. The van der Waals surface area contributed by atoms with Crippen molar-refractivity contribution in [1.82, 2.24) is 9.13 Å². The van der Waals surface area contributed by atoms with E-state index in [0.717, 1.165) is 67.6 Å². The van der Waals surface area contributed by atoms with Crippen molar-refractivity contribution in [1.29, 1.82) is 0 Å². The molecule has 0 fully saturated rings. The number of phenolic OH excluding ortho intramolecular Hbond substituents is 2. The molecule has 8 aromatic carbocycles. The van der Waals surface area contributed by atoms with Crippen molar-refractivity contribution in [2.24, 2.45) is 10.8 Å². The van der Waals surface area contributed by atoms with E-state index in [1.807, 2.05) is 13.8 Å². The van der Waals surface area contributed by atoms with Crippen LogP contribution >= 0.6 is 0 Å². The van der Waals surface area contributed by atoms with E-state index in [1.54, 1.807) is 0 Å². The number of ether oxygens (including phenoxy) is 2. The van der Waals surface area contributed by atoms with Gasteiger partial charge in [-0.15, -0.1) is 0 Å². The average Bonchev–Trinajstić information content (AvgIpc) is 1.58. The predicted octanol–water partition coefficient (Wildman–Crippen LogP) is 21.0. The third-order valence-corrected chi connectivity index (χ3v) is 36.2. The quantitative estimate of drug-likeness (QED) is 0.0664. The summed E-state index contributed by atoms with van der Waals surface area (Å²) in [6.07, 6.45) is 2.11. The molecule has 2 N–H and O–H groups in total. The molecule has 0 saturated carbocycles. The first-order valence-electron chi connectivity index (χ1n) is 33.6. The fourth-order valence-electron chi connectivity index (χ4n) is 14.7. The zero-order valence-electron chi connectivity index (χ0n) is 60.4. The maximum absolute atomic E-state index is 16.3. The number of phenols is 2. The number of rotatable bonds is 18. The van der Waals surface area contributed by atoms with Crippen molar-refractivity contribution in [2.45, 2.75) is 182 Å². The molecule has 6 nitrogen and oxygen atoms in total. The van der Waals surface area contributed by atoms with Gasteiger partial charge >= 0.3 is 570 Å². The number of aryl methyl sites for hydroxylation is 2. The zero-order valence-corrected chi connectivity index (χ0v) is 68.8. The number of aromatic nitrogens is 2. The number of aromatic hydroxyl groups is 2. The predicted molar refractivity (Wildman–Crippen MR) is 407 cm³/mol. The van der Waals surface area contributed by atoms with Gasteiger partial charge in [-0.3, -0.25) is 0 Å². The van der Waals surface area contributed by atoms with E-state index >= 15 is 8.78 Å². The summed E-state index contributed by atoms with van der Waals surface area (Å²) in [4.78, 5) is 0. The molecule has 0 radical (unpaired) electrons. The molecule has 0 unspecified atom stereocenters. The van der Waals surface area contributed by atoms with E-state index in [-0.39, 0.29) is 46.4 Å². The second kappa shape index (κ2) is 24.9. The molecule has 93 heavy (non-hydrogen) atoms. The molecule has 0 spiro atoms.